The Labute approximate surface area is 127 Å². The second-order valence-corrected chi connectivity index (χ2v) is 6.02. The Hall–Kier alpha value is -0.300. The molecule has 0 aliphatic carbocycles. The summed E-state index contributed by atoms with van der Waals surface area (Å²) in [6.07, 6.45) is 2.95. The fourth-order valence-corrected chi connectivity index (χ4v) is 3.17. The van der Waals surface area contributed by atoms with Gasteiger partial charge in [0.25, 0.3) is 0 Å². The first kappa shape index (κ1) is 17.8. The van der Waals surface area contributed by atoms with Crippen LogP contribution in [0.5, 0.6) is 0 Å². The van der Waals surface area contributed by atoms with Gasteiger partial charge in [0.2, 0.25) is 5.91 Å². The van der Waals surface area contributed by atoms with E-state index in [4.69, 9.17) is 4.74 Å². The van der Waals surface area contributed by atoms with Crippen molar-refractivity contribution in [3.63, 3.8) is 0 Å². The minimum atomic E-state index is 0.0988. The first-order valence-electron chi connectivity index (χ1n) is 7.46. The lowest BCUT2D eigenvalue weighted by Crippen LogP contribution is -2.58. The van der Waals surface area contributed by atoms with E-state index in [1.165, 1.54) is 11.9 Å². The van der Waals surface area contributed by atoms with Crippen LogP contribution in [0.1, 0.15) is 27.2 Å². The van der Waals surface area contributed by atoms with Crippen molar-refractivity contribution in [2.75, 3.05) is 45.6 Å². The van der Waals surface area contributed by atoms with Crippen LogP contribution in [-0.2, 0) is 9.53 Å². The van der Waals surface area contributed by atoms with Crippen molar-refractivity contribution >= 4 is 17.9 Å². The maximum absolute atomic E-state index is 11.6. The minimum absolute atomic E-state index is 0.0988. The smallest absolute Gasteiger partial charge is 0.243 e. The summed E-state index contributed by atoms with van der Waals surface area (Å²) in [6.45, 7) is 11.7. The molecule has 0 saturated carbocycles. The highest BCUT2D eigenvalue weighted by Crippen LogP contribution is 2.15. The molecule has 1 fully saturated rings. The molecule has 2 unspecified atom stereocenters. The average molecular weight is 303 g/mol. The summed E-state index contributed by atoms with van der Waals surface area (Å²) in [5, 5.41) is 0. The van der Waals surface area contributed by atoms with Gasteiger partial charge >= 0.3 is 0 Å². The summed E-state index contributed by atoms with van der Waals surface area (Å²) in [7, 11) is 0. The van der Waals surface area contributed by atoms with Crippen LogP contribution in [0.2, 0.25) is 0 Å². The van der Waals surface area contributed by atoms with E-state index in [9.17, 15) is 4.79 Å². The first-order valence-corrected chi connectivity index (χ1v) is 8.68. The highest BCUT2D eigenvalue weighted by molar-refractivity contribution is 7.97. The molecule has 1 rings (SSSR count). The molecule has 0 aromatic rings. The van der Waals surface area contributed by atoms with Gasteiger partial charge in [-0.2, -0.15) is 0 Å². The predicted molar refractivity (Wildman–Crippen MR) is 84.8 cm³/mol. The van der Waals surface area contributed by atoms with Crippen molar-refractivity contribution in [2.45, 2.75) is 39.3 Å². The van der Waals surface area contributed by atoms with Crippen LogP contribution in [0.15, 0.2) is 0 Å². The van der Waals surface area contributed by atoms with E-state index >= 15 is 0 Å². The number of nitrogens with one attached hydrogen (secondary N) is 1. The third-order valence-electron chi connectivity index (χ3n) is 3.67. The summed E-state index contributed by atoms with van der Waals surface area (Å²) >= 11 is 1.37. The second kappa shape index (κ2) is 9.60. The van der Waals surface area contributed by atoms with Gasteiger partial charge in [-0.25, -0.2) is 0 Å². The molecule has 0 spiro atoms. The molecule has 0 aromatic heterocycles. The Morgan fingerprint density at radius 3 is 2.55 bits per heavy atom. The summed E-state index contributed by atoms with van der Waals surface area (Å²) in [5.74, 6) is 0.0988. The molecule has 5 nitrogen and oxygen atoms in total. The topological polar surface area (TPSA) is 44.8 Å². The molecule has 6 heteroatoms. The number of hydrogen-bond acceptors (Lipinski definition) is 5. The molecule has 1 amide bonds. The Kier molecular flexibility index (Phi) is 8.52. The molecule has 1 saturated heterocycles. The van der Waals surface area contributed by atoms with E-state index < -0.39 is 0 Å². The summed E-state index contributed by atoms with van der Waals surface area (Å²) in [4.78, 5) is 16.4. The Balaban J connectivity index is 2.35. The largest absolute Gasteiger partial charge is 0.382 e. The van der Waals surface area contributed by atoms with Gasteiger partial charge in [-0.05, 0) is 27.2 Å². The Morgan fingerprint density at radius 1 is 1.35 bits per heavy atom. The lowest BCUT2D eigenvalue weighted by molar-refractivity contribution is -0.121. The molecule has 1 aliphatic heterocycles. The molecule has 1 N–H and O–H groups in total. The zero-order chi connectivity index (χ0) is 15.0. The number of piperazine rings is 1. The molecule has 118 valence electrons. The second-order valence-electron chi connectivity index (χ2n) is 5.41. The van der Waals surface area contributed by atoms with Gasteiger partial charge in [0.05, 0.1) is 6.54 Å². The van der Waals surface area contributed by atoms with Gasteiger partial charge in [-0.15, -0.1) is 0 Å². The lowest BCUT2D eigenvalue weighted by atomic mass is 10.1. The Bertz CT molecular complexity index is 280. The zero-order valence-corrected chi connectivity index (χ0v) is 14.0. The van der Waals surface area contributed by atoms with Gasteiger partial charge < -0.3 is 4.74 Å². The van der Waals surface area contributed by atoms with Gasteiger partial charge in [0, 0.05) is 51.2 Å². The van der Waals surface area contributed by atoms with Crippen molar-refractivity contribution in [1.82, 2.24) is 14.5 Å². The standard InChI is InChI=1S/C14H29N3O2S/c1-5-19-8-6-7-17-12(2)9-16(10-13(17)3)11-14(18)15-20-4/h12-13H,5-11H2,1-4H3,(H,15,18). The van der Waals surface area contributed by atoms with Gasteiger partial charge in [0.1, 0.15) is 0 Å². The average Bonchev–Trinajstić information content (AvgIpc) is 2.37. The van der Waals surface area contributed by atoms with Crippen molar-refractivity contribution in [3.8, 4) is 0 Å². The SMILES string of the molecule is CCOCCCN1C(C)CN(CC(=O)NSC)CC1C. The third-order valence-corrected chi connectivity index (χ3v) is 4.10. The maximum atomic E-state index is 11.6. The summed E-state index contributed by atoms with van der Waals surface area (Å²) in [5.41, 5.74) is 0. The number of hydrogen-bond donors (Lipinski definition) is 1. The number of amides is 1. The maximum Gasteiger partial charge on any atom is 0.243 e. The van der Waals surface area contributed by atoms with E-state index in [2.05, 4.69) is 28.4 Å². The van der Waals surface area contributed by atoms with Crippen LogP contribution in [-0.4, -0.2) is 73.4 Å². The van der Waals surface area contributed by atoms with E-state index in [1.54, 1.807) is 0 Å². The van der Waals surface area contributed by atoms with E-state index in [0.717, 1.165) is 39.3 Å². The van der Waals surface area contributed by atoms with Crippen LogP contribution in [0.3, 0.4) is 0 Å². The fraction of sp³-hybridized carbons (Fsp3) is 0.929. The predicted octanol–water partition coefficient (Wildman–Crippen LogP) is 1.20. The summed E-state index contributed by atoms with van der Waals surface area (Å²) < 4.78 is 8.19. The number of rotatable bonds is 8. The van der Waals surface area contributed by atoms with E-state index in [1.807, 2.05) is 13.2 Å². The number of ether oxygens (including phenoxy) is 1. The van der Waals surface area contributed by atoms with Crippen molar-refractivity contribution in [2.24, 2.45) is 0 Å². The van der Waals surface area contributed by atoms with Crippen LogP contribution in [0.25, 0.3) is 0 Å². The monoisotopic (exact) mass is 303 g/mol. The van der Waals surface area contributed by atoms with Crippen LogP contribution >= 0.6 is 11.9 Å². The molecule has 1 aliphatic rings. The first-order chi connectivity index (χ1) is 9.58. The molecule has 0 bridgehead atoms. The van der Waals surface area contributed by atoms with E-state index in [0.29, 0.717) is 18.6 Å². The molecule has 0 aromatic carbocycles. The quantitative estimate of drug-likeness (QED) is 0.539. The molecule has 0 radical (unpaired) electrons. The number of nitrogens with zero attached hydrogens (tertiary/aromatic N) is 2. The van der Waals surface area contributed by atoms with Crippen molar-refractivity contribution in [3.05, 3.63) is 0 Å². The highest BCUT2D eigenvalue weighted by atomic mass is 32.2. The molecule has 1 heterocycles. The van der Waals surface area contributed by atoms with E-state index in [-0.39, 0.29) is 5.91 Å². The van der Waals surface area contributed by atoms with Crippen molar-refractivity contribution in [1.29, 1.82) is 0 Å². The van der Waals surface area contributed by atoms with Gasteiger partial charge in [0.15, 0.2) is 0 Å². The molecule has 20 heavy (non-hydrogen) atoms. The lowest BCUT2D eigenvalue weighted by Gasteiger charge is -2.44. The highest BCUT2D eigenvalue weighted by Gasteiger charge is 2.29. The van der Waals surface area contributed by atoms with Crippen LogP contribution in [0, 0.1) is 0 Å². The van der Waals surface area contributed by atoms with Crippen molar-refractivity contribution < 1.29 is 9.53 Å². The number of carbonyl (C=O) groups excluding carboxylic acids is 1. The minimum Gasteiger partial charge on any atom is -0.382 e. The van der Waals surface area contributed by atoms with Gasteiger partial charge in [-0.3, -0.25) is 19.3 Å². The molecular formula is C14H29N3O2S. The molecular weight excluding hydrogens is 274 g/mol. The third kappa shape index (κ3) is 5.99. The fourth-order valence-electron chi connectivity index (χ4n) is 2.88. The van der Waals surface area contributed by atoms with Crippen LogP contribution < -0.4 is 4.72 Å². The van der Waals surface area contributed by atoms with Crippen LogP contribution in [0.4, 0.5) is 0 Å². The molecule has 2 atom stereocenters. The Morgan fingerprint density at radius 2 is 2.00 bits per heavy atom. The van der Waals surface area contributed by atoms with Gasteiger partial charge in [-0.1, -0.05) is 11.9 Å². The normalized spacial score (nSPS) is 24.8. The zero-order valence-electron chi connectivity index (χ0n) is 13.2. The summed E-state index contributed by atoms with van der Waals surface area (Å²) in [6, 6.07) is 0.977. The number of carbonyl (C=O) groups is 1.